The first kappa shape index (κ1) is 11.0. The van der Waals surface area contributed by atoms with Gasteiger partial charge in [-0.15, -0.1) is 0 Å². The standard InChI is InChI=1S/C13H18N2O/c1-15(2)14-13-6-4-5-10-7-8-11(16-3)9-12(10)13/h7-9H,4-6H2,1-3H3/b14-13+. The summed E-state index contributed by atoms with van der Waals surface area (Å²) in [5.41, 5.74) is 3.80. The molecule has 1 aliphatic rings. The van der Waals surface area contributed by atoms with Gasteiger partial charge in [-0.2, -0.15) is 5.10 Å². The van der Waals surface area contributed by atoms with Gasteiger partial charge in [-0.3, -0.25) is 0 Å². The molecule has 86 valence electrons. The van der Waals surface area contributed by atoms with Gasteiger partial charge in [0.25, 0.3) is 0 Å². The Morgan fingerprint density at radius 2 is 2.06 bits per heavy atom. The first-order chi connectivity index (χ1) is 7.70. The lowest BCUT2D eigenvalue weighted by Crippen LogP contribution is -2.16. The Morgan fingerprint density at radius 1 is 1.25 bits per heavy atom. The molecule has 0 radical (unpaired) electrons. The van der Waals surface area contributed by atoms with E-state index in [4.69, 9.17) is 4.74 Å². The van der Waals surface area contributed by atoms with Gasteiger partial charge in [0.2, 0.25) is 0 Å². The van der Waals surface area contributed by atoms with Gasteiger partial charge in [-0.05, 0) is 37.0 Å². The summed E-state index contributed by atoms with van der Waals surface area (Å²) in [6, 6.07) is 6.27. The number of aryl methyl sites for hydroxylation is 1. The number of fused-ring (bicyclic) bond motifs is 1. The van der Waals surface area contributed by atoms with Gasteiger partial charge in [-0.25, -0.2) is 0 Å². The highest BCUT2D eigenvalue weighted by atomic mass is 16.5. The monoisotopic (exact) mass is 218 g/mol. The molecule has 0 amide bonds. The Kier molecular flexibility index (Phi) is 3.13. The molecule has 1 aliphatic carbocycles. The highest BCUT2D eigenvalue weighted by Gasteiger charge is 2.16. The quantitative estimate of drug-likeness (QED) is 0.711. The summed E-state index contributed by atoms with van der Waals surface area (Å²) in [5, 5.41) is 6.41. The SMILES string of the molecule is COc1ccc2c(c1)/C(=N/N(C)C)CCC2. The molecule has 0 spiro atoms. The number of benzene rings is 1. The number of hydrogen-bond donors (Lipinski definition) is 0. The third-order valence-electron chi connectivity index (χ3n) is 2.81. The van der Waals surface area contributed by atoms with Crippen LogP contribution in [0.25, 0.3) is 0 Å². The normalized spacial score (nSPS) is 17.1. The van der Waals surface area contributed by atoms with E-state index >= 15 is 0 Å². The second-order valence-corrected chi connectivity index (χ2v) is 4.27. The first-order valence-electron chi connectivity index (χ1n) is 5.63. The molecular formula is C13H18N2O. The van der Waals surface area contributed by atoms with Crippen LogP contribution in [0.15, 0.2) is 23.3 Å². The molecule has 0 saturated heterocycles. The van der Waals surface area contributed by atoms with Gasteiger partial charge in [0.05, 0.1) is 12.8 Å². The van der Waals surface area contributed by atoms with Gasteiger partial charge >= 0.3 is 0 Å². The van der Waals surface area contributed by atoms with Gasteiger partial charge < -0.3 is 9.75 Å². The lowest BCUT2D eigenvalue weighted by molar-refractivity contribution is 0.414. The van der Waals surface area contributed by atoms with E-state index in [0.29, 0.717) is 0 Å². The molecule has 0 N–H and O–H groups in total. The summed E-state index contributed by atoms with van der Waals surface area (Å²) in [7, 11) is 5.62. The maximum Gasteiger partial charge on any atom is 0.119 e. The second-order valence-electron chi connectivity index (χ2n) is 4.27. The minimum absolute atomic E-state index is 0.909. The zero-order valence-electron chi connectivity index (χ0n) is 10.2. The van der Waals surface area contributed by atoms with Crippen molar-refractivity contribution in [2.75, 3.05) is 21.2 Å². The number of methoxy groups -OCH3 is 1. The molecule has 16 heavy (non-hydrogen) atoms. The van der Waals surface area contributed by atoms with Crippen LogP contribution in [-0.2, 0) is 6.42 Å². The Hall–Kier alpha value is -1.51. The largest absolute Gasteiger partial charge is 0.497 e. The van der Waals surface area contributed by atoms with E-state index in [2.05, 4.69) is 17.2 Å². The van der Waals surface area contributed by atoms with Gasteiger partial charge in [0, 0.05) is 19.7 Å². The summed E-state index contributed by atoms with van der Waals surface area (Å²) in [5.74, 6) is 0.909. The molecule has 0 aromatic heterocycles. The third kappa shape index (κ3) is 2.18. The van der Waals surface area contributed by atoms with Gasteiger partial charge in [0.15, 0.2) is 0 Å². The Bertz CT molecular complexity index is 410. The molecule has 0 atom stereocenters. The molecule has 0 fully saturated rings. The summed E-state index contributed by atoms with van der Waals surface area (Å²) >= 11 is 0. The van der Waals surface area contributed by atoms with Crippen molar-refractivity contribution in [2.45, 2.75) is 19.3 Å². The zero-order valence-corrected chi connectivity index (χ0v) is 10.2. The molecule has 1 aromatic carbocycles. The summed E-state index contributed by atoms with van der Waals surface area (Å²) in [4.78, 5) is 0. The molecule has 0 aliphatic heterocycles. The predicted molar refractivity (Wildman–Crippen MR) is 66.2 cm³/mol. The van der Waals surface area contributed by atoms with Crippen LogP contribution in [-0.4, -0.2) is 31.9 Å². The number of nitrogens with zero attached hydrogens (tertiary/aromatic N) is 2. The van der Waals surface area contributed by atoms with Crippen molar-refractivity contribution in [3.63, 3.8) is 0 Å². The Morgan fingerprint density at radius 3 is 2.75 bits per heavy atom. The average Bonchev–Trinajstić information content (AvgIpc) is 2.28. The minimum Gasteiger partial charge on any atom is -0.497 e. The summed E-state index contributed by atoms with van der Waals surface area (Å²) < 4.78 is 5.26. The van der Waals surface area contributed by atoms with Crippen LogP contribution in [0.3, 0.4) is 0 Å². The van der Waals surface area contributed by atoms with E-state index in [-0.39, 0.29) is 0 Å². The molecule has 3 heteroatoms. The fourth-order valence-corrected chi connectivity index (χ4v) is 2.10. The molecule has 2 rings (SSSR count). The van der Waals surface area contributed by atoms with E-state index in [1.807, 2.05) is 25.2 Å². The Balaban J connectivity index is 2.43. The highest BCUT2D eigenvalue weighted by Crippen LogP contribution is 2.25. The van der Waals surface area contributed by atoms with E-state index in [1.54, 1.807) is 7.11 Å². The lowest BCUT2D eigenvalue weighted by atomic mass is 9.90. The minimum atomic E-state index is 0.909. The predicted octanol–water partition coefficient (Wildman–Crippen LogP) is 2.30. The first-order valence-corrected chi connectivity index (χ1v) is 5.63. The zero-order chi connectivity index (χ0) is 11.5. The van der Waals surface area contributed by atoms with E-state index in [0.717, 1.165) is 18.6 Å². The van der Waals surface area contributed by atoms with Crippen LogP contribution in [0.5, 0.6) is 5.75 Å². The molecule has 1 aromatic rings. The summed E-state index contributed by atoms with van der Waals surface area (Å²) in [6.45, 7) is 0. The third-order valence-corrected chi connectivity index (χ3v) is 2.81. The molecular weight excluding hydrogens is 200 g/mol. The van der Waals surface area contributed by atoms with Crippen molar-refractivity contribution in [1.82, 2.24) is 5.01 Å². The van der Waals surface area contributed by atoms with Crippen molar-refractivity contribution in [3.05, 3.63) is 29.3 Å². The fourth-order valence-electron chi connectivity index (χ4n) is 2.10. The lowest BCUT2D eigenvalue weighted by Gasteiger charge is -2.20. The number of hydrogen-bond acceptors (Lipinski definition) is 3. The van der Waals surface area contributed by atoms with Crippen LogP contribution >= 0.6 is 0 Å². The number of rotatable bonds is 2. The van der Waals surface area contributed by atoms with Gasteiger partial charge in [-0.1, -0.05) is 6.07 Å². The smallest absolute Gasteiger partial charge is 0.119 e. The molecule has 0 heterocycles. The average molecular weight is 218 g/mol. The van der Waals surface area contributed by atoms with Crippen molar-refractivity contribution >= 4 is 5.71 Å². The number of ether oxygens (including phenoxy) is 1. The van der Waals surface area contributed by atoms with Crippen molar-refractivity contribution in [2.24, 2.45) is 5.10 Å². The van der Waals surface area contributed by atoms with Crippen LogP contribution in [0.2, 0.25) is 0 Å². The molecule has 0 unspecified atom stereocenters. The molecule has 3 nitrogen and oxygen atoms in total. The van der Waals surface area contributed by atoms with E-state index in [1.165, 1.54) is 23.3 Å². The van der Waals surface area contributed by atoms with Crippen LogP contribution in [0.4, 0.5) is 0 Å². The van der Waals surface area contributed by atoms with Crippen LogP contribution < -0.4 is 4.74 Å². The van der Waals surface area contributed by atoms with Crippen molar-refractivity contribution < 1.29 is 4.74 Å². The summed E-state index contributed by atoms with van der Waals surface area (Å²) in [6.07, 6.45) is 3.39. The Labute approximate surface area is 96.7 Å². The van der Waals surface area contributed by atoms with Crippen LogP contribution in [0, 0.1) is 0 Å². The van der Waals surface area contributed by atoms with E-state index in [9.17, 15) is 0 Å². The van der Waals surface area contributed by atoms with E-state index < -0.39 is 0 Å². The maximum absolute atomic E-state index is 5.26. The highest BCUT2D eigenvalue weighted by molar-refractivity contribution is 6.02. The van der Waals surface area contributed by atoms with Crippen molar-refractivity contribution in [1.29, 1.82) is 0 Å². The second kappa shape index (κ2) is 4.56. The molecule has 0 bridgehead atoms. The van der Waals surface area contributed by atoms with Crippen LogP contribution in [0.1, 0.15) is 24.0 Å². The fraction of sp³-hybridized carbons (Fsp3) is 0.462. The number of hydrazone groups is 1. The topological polar surface area (TPSA) is 24.8 Å². The van der Waals surface area contributed by atoms with Crippen molar-refractivity contribution in [3.8, 4) is 5.75 Å². The van der Waals surface area contributed by atoms with Gasteiger partial charge in [0.1, 0.15) is 5.75 Å². The maximum atomic E-state index is 5.26. The molecule has 0 saturated carbocycles.